The van der Waals surface area contributed by atoms with Crippen LogP contribution in [-0.4, -0.2) is 78.8 Å². The first-order chi connectivity index (χ1) is 9.01. The molecule has 0 aliphatic carbocycles. The van der Waals surface area contributed by atoms with Gasteiger partial charge in [0.2, 0.25) is 5.91 Å². The first-order valence-electron chi connectivity index (χ1n) is 6.01. The van der Waals surface area contributed by atoms with Crippen molar-refractivity contribution in [3.63, 3.8) is 0 Å². The maximum Gasteiger partial charge on any atom is 0.217 e. The standard InChI is InChI=1S/C11H21NO7/c1-6(14)12-8-10(16)9(15)7(5-13)19-11(8)18-4-3-17-2/h7-11,13,15-16H,3-5H2,1-2H3,(H,12,14)/t7-,8-,9+,10-,11+/m1/s1. The van der Waals surface area contributed by atoms with Crippen LogP contribution in [0, 0.1) is 0 Å². The quantitative estimate of drug-likeness (QED) is 0.400. The van der Waals surface area contributed by atoms with Gasteiger partial charge in [0.1, 0.15) is 24.4 Å². The van der Waals surface area contributed by atoms with Crippen LogP contribution in [0.2, 0.25) is 0 Å². The minimum atomic E-state index is -1.30. The van der Waals surface area contributed by atoms with Gasteiger partial charge in [-0.05, 0) is 0 Å². The van der Waals surface area contributed by atoms with Crippen LogP contribution in [0.1, 0.15) is 6.92 Å². The predicted molar refractivity (Wildman–Crippen MR) is 63.2 cm³/mol. The third-order valence-electron chi connectivity index (χ3n) is 2.82. The molecule has 0 bridgehead atoms. The zero-order valence-electron chi connectivity index (χ0n) is 11.0. The smallest absolute Gasteiger partial charge is 0.217 e. The van der Waals surface area contributed by atoms with Crippen LogP contribution in [0.15, 0.2) is 0 Å². The molecule has 0 aromatic carbocycles. The number of hydrogen-bond acceptors (Lipinski definition) is 7. The molecule has 0 aromatic heterocycles. The maximum atomic E-state index is 11.1. The van der Waals surface area contributed by atoms with Gasteiger partial charge in [-0.25, -0.2) is 0 Å². The van der Waals surface area contributed by atoms with Crippen molar-refractivity contribution in [3.05, 3.63) is 0 Å². The summed E-state index contributed by atoms with van der Waals surface area (Å²) in [4.78, 5) is 11.1. The normalized spacial score (nSPS) is 35.1. The highest BCUT2D eigenvalue weighted by atomic mass is 16.7. The van der Waals surface area contributed by atoms with E-state index < -0.39 is 37.3 Å². The average Bonchev–Trinajstić information content (AvgIpc) is 2.37. The Hall–Kier alpha value is -0.770. The number of methoxy groups -OCH3 is 1. The molecule has 0 radical (unpaired) electrons. The lowest BCUT2D eigenvalue weighted by atomic mass is 9.97. The number of carbonyl (C=O) groups excluding carboxylic acids is 1. The van der Waals surface area contributed by atoms with Gasteiger partial charge in [-0.1, -0.05) is 0 Å². The first kappa shape index (κ1) is 16.3. The molecular weight excluding hydrogens is 258 g/mol. The Morgan fingerprint density at radius 2 is 2.00 bits per heavy atom. The van der Waals surface area contributed by atoms with Gasteiger partial charge in [-0.2, -0.15) is 0 Å². The molecule has 0 saturated carbocycles. The summed E-state index contributed by atoms with van der Waals surface area (Å²) in [5, 5.41) is 31.2. The molecule has 8 nitrogen and oxygen atoms in total. The Morgan fingerprint density at radius 1 is 1.32 bits per heavy atom. The van der Waals surface area contributed by atoms with Crippen molar-refractivity contribution in [1.29, 1.82) is 0 Å². The van der Waals surface area contributed by atoms with Crippen LogP contribution < -0.4 is 5.32 Å². The van der Waals surface area contributed by atoms with E-state index in [9.17, 15) is 15.0 Å². The Bertz CT molecular complexity index is 288. The topological polar surface area (TPSA) is 117 Å². The van der Waals surface area contributed by atoms with Gasteiger partial charge in [-0.15, -0.1) is 0 Å². The zero-order chi connectivity index (χ0) is 14.4. The molecule has 4 N–H and O–H groups in total. The first-order valence-corrected chi connectivity index (χ1v) is 6.01. The van der Waals surface area contributed by atoms with Crippen LogP contribution in [0.4, 0.5) is 0 Å². The molecule has 5 atom stereocenters. The van der Waals surface area contributed by atoms with E-state index in [4.69, 9.17) is 19.3 Å². The fourth-order valence-corrected chi connectivity index (χ4v) is 1.86. The van der Waals surface area contributed by atoms with Crippen molar-refractivity contribution in [2.75, 3.05) is 26.9 Å². The summed E-state index contributed by atoms with van der Waals surface area (Å²) in [6.45, 7) is 1.33. The molecule has 19 heavy (non-hydrogen) atoms. The SMILES string of the molecule is COCCO[C@H]1O[C@H](CO)[C@H](O)[C@H](O)[C@H]1NC(C)=O. The number of aliphatic hydroxyl groups is 3. The lowest BCUT2D eigenvalue weighted by Gasteiger charge is -2.42. The molecule has 1 rings (SSSR count). The summed E-state index contributed by atoms with van der Waals surface area (Å²) in [5.41, 5.74) is 0. The van der Waals surface area contributed by atoms with Gasteiger partial charge in [0.15, 0.2) is 6.29 Å². The van der Waals surface area contributed by atoms with Gasteiger partial charge in [0, 0.05) is 14.0 Å². The minimum Gasteiger partial charge on any atom is -0.394 e. The average molecular weight is 279 g/mol. The fourth-order valence-electron chi connectivity index (χ4n) is 1.86. The minimum absolute atomic E-state index is 0.193. The van der Waals surface area contributed by atoms with Crippen molar-refractivity contribution in [2.24, 2.45) is 0 Å². The summed E-state index contributed by atoms with van der Waals surface area (Å²) < 4.78 is 15.5. The highest BCUT2D eigenvalue weighted by Crippen LogP contribution is 2.22. The van der Waals surface area contributed by atoms with Crippen molar-refractivity contribution in [2.45, 2.75) is 37.6 Å². The number of hydrogen-bond donors (Lipinski definition) is 4. The number of ether oxygens (including phenoxy) is 3. The molecule has 8 heteroatoms. The molecule has 1 fully saturated rings. The third kappa shape index (κ3) is 4.37. The molecule has 1 saturated heterocycles. The van der Waals surface area contributed by atoms with Crippen molar-refractivity contribution >= 4 is 5.91 Å². The second kappa shape index (κ2) is 7.73. The monoisotopic (exact) mass is 279 g/mol. The number of carbonyl (C=O) groups is 1. The van der Waals surface area contributed by atoms with Gasteiger partial charge >= 0.3 is 0 Å². The second-order valence-corrected chi connectivity index (χ2v) is 4.30. The van der Waals surface area contributed by atoms with Crippen LogP contribution in [0.25, 0.3) is 0 Å². The summed E-state index contributed by atoms with van der Waals surface area (Å²) in [6.07, 6.45) is -4.52. The van der Waals surface area contributed by atoms with E-state index in [0.29, 0.717) is 6.61 Å². The molecule has 1 amide bonds. The molecule has 1 aliphatic heterocycles. The lowest BCUT2D eigenvalue weighted by molar-refractivity contribution is -0.271. The highest BCUT2D eigenvalue weighted by molar-refractivity contribution is 5.73. The Balaban J connectivity index is 2.71. The largest absolute Gasteiger partial charge is 0.394 e. The van der Waals surface area contributed by atoms with Gasteiger partial charge < -0.3 is 34.8 Å². The molecule has 112 valence electrons. The van der Waals surface area contributed by atoms with E-state index in [-0.39, 0.29) is 12.5 Å². The molecule has 0 aromatic rings. The molecule has 1 heterocycles. The second-order valence-electron chi connectivity index (χ2n) is 4.30. The van der Waals surface area contributed by atoms with E-state index in [1.807, 2.05) is 0 Å². The predicted octanol–water partition coefficient (Wildman–Crippen LogP) is -2.41. The van der Waals surface area contributed by atoms with E-state index >= 15 is 0 Å². The lowest BCUT2D eigenvalue weighted by Crippen LogP contribution is -2.64. The van der Waals surface area contributed by atoms with E-state index in [1.165, 1.54) is 14.0 Å². The van der Waals surface area contributed by atoms with Gasteiger partial charge in [0.05, 0.1) is 19.8 Å². The zero-order valence-corrected chi connectivity index (χ0v) is 11.0. The third-order valence-corrected chi connectivity index (χ3v) is 2.82. The summed E-state index contributed by atoms with van der Waals surface area (Å²) >= 11 is 0. The van der Waals surface area contributed by atoms with Crippen molar-refractivity contribution in [3.8, 4) is 0 Å². The highest BCUT2D eigenvalue weighted by Gasteiger charge is 2.45. The summed E-state index contributed by atoms with van der Waals surface area (Å²) in [6, 6.07) is -0.910. The van der Waals surface area contributed by atoms with Crippen molar-refractivity contribution < 1.29 is 34.3 Å². The number of amides is 1. The van der Waals surface area contributed by atoms with E-state index in [0.717, 1.165) is 0 Å². The van der Waals surface area contributed by atoms with Crippen LogP contribution in [0.5, 0.6) is 0 Å². The molecule has 1 aliphatic rings. The Labute approximate surface area is 111 Å². The maximum absolute atomic E-state index is 11.1. The molecule has 0 unspecified atom stereocenters. The Kier molecular flexibility index (Phi) is 6.63. The van der Waals surface area contributed by atoms with Crippen LogP contribution >= 0.6 is 0 Å². The van der Waals surface area contributed by atoms with E-state index in [1.54, 1.807) is 0 Å². The summed E-state index contributed by atoms with van der Waals surface area (Å²) in [7, 11) is 1.51. The van der Waals surface area contributed by atoms with Gasteiger partial charge in [-0.3, -0.25) is 4.79 Å². The Morgan fingerprint density at radius 3 is 2.53 bits per heavy atom. The number of nitrogens with one attached hydrogen (secondary N) is 1. The number of aliphatic hydroxyl groups excluding tert-OH is 3. The fraction of sp³-hybridized carbons (Fsp3) is 0.909. The molecular formula is C11H21NO7. The van der Waals surface area contributed by atoms with Crippen LogP contribution in [-0.2, 0) is 19.0 Å². The van der Waals surface area contributed by atoms with Gasteiger partial charge in [0.25, 0.3) is 0 Å². The number of rotatable bonds is 6. The summed E-state index contributed by atoms with van der Waals surface area (Å²) in [5.74, 6) is -0.386. The van der Waals surface area contributed by atoms with E-state index in [2.05, 4.69) is 5.32 Å². The van der Waals surface area contributed by atoms with Crippen LogP contribution in [0.3, 0.4) is 0 Å². The van der Waals surface area contributed by atoms with Crippen molar-refractivity contribution in [1.82, 2.24) is 5.32 Å². The molecule has 0 spiro atoms.